The van der Waals surface area contributed by atoms with Crippen molar-refractivity contribution in [2.24, 2.45) is 23.7 Å². The monoisotopic (exact) mass is 437 g/mol. The number of carbonyl (C=O) groups is 1. The molecule has 5 rings (SSSR count). The highest BCUT2D eigenvalue weighted by Crippen LogP contribution is 2.54. The van der Waals surface area contributed by atoms with Crippen molar-refractivity contribution in [1.29, 1.82) is 5.26 Å². The summed E-state index contributed by atoms with van der Waals surface area (Å²) in [5.74, 6) is 3.06. The molecule has 0 spiro atoms. The standard InChI is InChI=1S/C28H24FN3O/c1-2-17-3-5-23(32-16-17)14-28(33)26(15-30)21-11-18-9-20(10-19(18)12-21)24-7-8-31-27-6-4-22(29)13-25(24)27/h1,3-8,13,16,18-21,26H,9-12,14H2/t18-,19+,20?,21?,26?. The van der Waals surface area contributed by atoms with Crippen LogP contribution in [0.4, 0.5) is 4.39 Å². The average Bonchev–Trinajstić information content (AvgIpc) is 3.39. The van der Waals surface area contributed by atoms with Crippen molar-refractivity contribution in [1.82, 2.24) is 9.97 Å². The van der Waals surface area contributed by atoms with E-state index in [0.717, 1.165) is 36.6 Å². The third-order valence-corrected chi connectivity index (χ3v) is 7.53. The summed E-state index contributed by atoms with van der Waals surface area (Å²) in [4.78, 5) is 21.6. The third-order valence-electron chi connectivity index (χ3n) is 7.53. The van der Waals surface area contributed by atoms with E-state index >= 15 is 0 Å². The van der Waals surface area contributed by atoms with E-state index in [4.69, 9.17) is 6.42 Å². The van der Waals surface area contributed by atoms with E-state index in [1.807, 2.05) is 6.07 Å². The number of Topliss-reactive ketones (excluding diaryl/α,β-unsaturated/α-hetero) is 1. The van der Waals surface area contributed by atoms with Gasteiger partial charge in [-0.25, -0.2) is 4.39 Å². The molecule has 3 unspecified atom stereocenters. The Bertz CT molecular complexity index is 1270. The molecule has 2 fully saturated rings. The maximum absolute atomic E-state index is 13.9. The lowest BCUT2D eigenvalue weighted by atomic mass is 9.83. The van der Waals surface area contributed by atoms with Crippen LogP contribution in [0.3, 0.4) is 0 Å². The van der Waals surface area contributed by atoms with Gasteiger partial charge in [-0.05, 0) is 91.3 Å². The quantitative estimate of drug-likeness (QED) is 0.513. The van der Waals surface area contributed by atoms with Crippen molar-refractivity contribution < 1.29 is 9.18 Å². The fourth-order valence-electron chi connectivity index (χ4n) is 6.03. The Morgan fingerprint density at radius 2 is 1.91 bits per heavy atom. The zero-order valence-electron chi connectivity index (χ0n) is 18.2. The van der Waals surface area contributed by atoms with Gasteiger partial charge in [0.25, 0.3) is 0 Å². The van der Waals surface area contributed by atoms with Crippen LogP contribution in [-0.2, 0) is 11.2 Å². The second kappa shape index (κ2) is 8.75. The number of benzene rings is 1. The first-order valence-electron chi connectivity index (χ1n) is 11.4. The molecule has 0 saturated heterocycles. The van der Waals surface area contributed by atoms with Crippen molar-refractivity contribution in [2.75, 3.05) is 0 Å². The van der Waals surface area contributed by atoms with Gasteiger partial charge >= 0.3 is 0 Å². The van der Waals surface area contributed by atoms with Gasteiger partial charge in [0, 0.05) is 29.0 Å². The molecule has 5 atom stereocenters. The summed E-state index contributed by atoms with van der Waals surface area (Å²) in [5, 5.41) is 10.7. The van der Waals surface area contributed by atoms with Crippen molar-refractivity contribution in [3.8, 4) is 18.4 Å². The van der Waals surface area contributed by atoms with Crippen LogP contribution < -0.4 is 0 Å². The van der Waals surface area contributed by atoms with E-state index < -0.39 is 5.92 Å². The molecule has 164 valence electrons. The Morgan fingerprint density at radius 3 is 2.58 bits per heavy atom. The molecule has 0 bridgehead atoms. The van der Waals surface area contributed by atoms with Gasteiger partial charge in [-0.1, -0.05) is 5.92 Å². The van der Waals surface area contributed by atoms with Crippen LogP contribution in [0.15, 0.2) is 48.8 Å². The molecule has 1 aromatic carbocycles. The van der Waals surface area contributed by atoms with Gasteiger partial charge in [0.1, 0.15) is 11.7 Å². The Kier molecular flexibility index (Phi) is 5.65. The van der Waals surface area contributed by atoms with E-state index in [0.29, 0.717) is 29.0 Å². The van der Waals surface area contributed by atoms with E-state index in [1.165, 1.54) is 11.6 Å². The highest BCUT2D eigenvalue weighted by molar-refractivity contribution is 5.85. The number of hydrogen-bond donors (Lipinski definition) is 0. The molecule has 0 amide bonds. The van der Waals surface area contributed by atoms with Crippen LogP contribution in [0.2, 0.25) is 0 Å². The number of halogens is 1. The van der Waals surface area contributed by atoms with Gasteiger partial charge in [-0.15, -0.1) is 6.42 Å². The largest absolute Gasteiger partial charge is 0.298 e. The lowest BCUT2D eigenvalue weighted by Gasteiger charge is -2.19. The molecule has 4 nitrogen and oxygen atoms in total. The minimum Gasteiger partial charge on any atom is -0.298 e. The van der Waals surface area contributed by atoms with Gasteiger partial charge in [0.15, 0.2) is 5.78 Å². The fourth-order valence-corrected chi connectivity index (χ4v) is 6.03. The summed E-state index contributed by atoms with van der Waals surface area (Å²) in [6.07, 6.45) is 12.7. The number of terminal acetylenes is 1. The minimum atomic E-state index is -0.598. The molecule has 2 heterocycles. The number of aromatic nitrogens is 2. The first kappa shape index (κ1) is 21.3. The van der Waals surface area contributed by atoms with E-state index in [9.17, 15) is 14.4 Å². The van der Waals surface area contributed by atoms with Crippen LogP contribution in [0.1, 0.15) is 48.4 Å². The summed E-state index contributed by atoms with van der Waals surface area (Å²) < 4.78 is 13.9. The number of nitriles is 1. The summed E-state index contributed by atoms with van der Waals surface area (Å²) in [7, 11) is 0. The number of ketones is 1. The van der Waals surface area contributed by atoms with Crippen molar-refractivity contribution in [3.63, 3.8) is 0 Å². The van der Waals surface area contributed by atoms with E-state index in [-0.39, 0.29) is 23.9 Å². The Morgan fingerprint density at radius 1 is 1.12 bits per heavy atom. The van der Waals surface area contributed by atoms with Gasteiger partial charge in [0.05, 0.1) is 18.0 Å². The van der Waals surface area contributed by atoms with Crippen LogP contribution in [0, 0.1) is 53.2 Å². The molecule has 0 N–H and O–H groups in total. The molecule has 2 aromatic heterocycles. The van der Waals surface area contributed by atoms with Crippen molar-refractivity contribution in [3.05, 3.63) is 71.4 Å². The Balaban J connectivity index is 1.26. The van der Waals surface area contributed by atoms with E-state index in [2.05, 4.69) is 22.0 Å². The maximum Gasteiger partial charge on any atom is 0.156 e. The predicted molar refractivity (Wildman–Crippen MR) is 123 cm³/mol. The van der Waals surface area contributed by atoms with Crippen LogP contribution in [0.25, 0.3) is 10.9 Å². The van der Waals surface area contributed by atoms with Crippen LogP contribution >= 0.6 is 0 Å². The summed E-state index contributed by atoms with van der Waals surface area (Å²) in [6, 6.07) is 12.6. The average molecular weight is 438 g/mol. The third kappa shape index (κ3) is 4.12. The van der Waals surface area contributed by atoms with Gasteiger partial charge in [0.2, 0.25) is 0 Å². The molecule has 2 aliphatic rings. The minimum absolute atomic E-state index is 0.0596. The summed E-state index contributed by atoms with van der Waals surface area (Å²) >= 11 is 0. The molecular formula is C28H24FN3O. The molecule has 5 heteroatoms. The maximum atomic E-state index is 13.9. The summed E-state index contributed by atoms with van der Waals surface area (Å²) in [5.41, 5.74) is 3.31. The molecule has 2 saturated carbocycles. The molecule has 0 aliphatic heterocycles. The predicted octanol–water partition coefficient (Wildman–Crippen LogP) is 5.22. The second-order valence-electron chi connectivity index (χ2n) is 9.41. The molecule has 33 heavy (non-hydrogen) atoms. The highest BCUT2D eigenvalue weighted by Gasteiger charge is 2.45. The molecule has 0 radical (unpaired) electrons. The van der Waals surface area contributed by atoms with Crippen LogP contribution in [-0.4, -0.2) is 15.8 Å². The van der Waals surface area contributed by atoms with Crippen molar-refractivity contribution in [2.45, 2.75) is 38.0 Å². The first-order valence-corrected chi connectivity index (χ1v) is 11.4. The smallest absolute Gasteiger partial charge is 0.156 e. The topological polar surface area (TPSA) is 66.6 Å². The van der Waals surface area contributed by atoms with Gasteiger partial charge in [-0.3, -0.25) is 14.8 Å². The number of rotatable bonds is 5. The summed E-state index contributed by atoms with van der Waals surface area (Å²) in [6.45, 7) is 0. The van der Waals surface area contributed by atoms with Crippen molar-refractivity contribution >= 4 is 16.7 Å². The molecular weight excluding hydrogens is 413 g/mol. The lowest BCUT2D eigenvalue weighted by molar-refractivity contribution is -0.122. The number of fused-ring (bicyclic) bond motifs is 2. The fraction of sp³-hybridized carbons (Fsp3) is 0.357. The highest BCUT2D eigenvalue weighted by atomic mass is 19.1. The Hall–Kier alpha value is -3.57. The lowest BCUT2D eigenvalue weighted by Crippen LogP contribution is -2.23. The zero-order valence-corrected chi connectivity index (χ0v) is 18.2. The normalized spacial score (nSPS) is 24.7. The number of pyridine rings is 2. The van der Waals surface area contributed by atoms with Gasteiger partial charge in [-0.2, -0.15) is 5.26 Å². The van der Waals surface area contributed by atoms with Crippen LogP contribution in [0.5, 0.6) is 0 Å². The second-order valence-corrected chi connectivity index (χ2v) is 9.41. The molecule has 3 aromatic rings. The molecule has 2 aliphatic carbocycles. The zero-order chi connectivity index (χ0) is 22.9. The first-order chi connectivity index (χ1) is 16.1. The Labute approximate surface area is 192 Å². The van der Waals surface area contributed by atoms with E-state index in [1.54, 1.807) is 36.7 Å². The number of hydrogen-bond acceptors (Lipinski definition) is 4. The SMILES string of the molecule is C#Cc1ccc(CC(=O)C(C#N)C2C[C@H]3CC(c4ccnc5ccc(F)cc45)C[C@H]3C2)nc1. The number of carbonyl (C=O) groups excluding carboxylic acids is 1. The van der Waals surface area contributed by atoms with Gasteiger partial charge < -0.3 is 0 Å². The number of nitrogens with zero attached hydrogens (tertiary/aromatic N) is 3.